The summed E-state index contributed by atoms with van der Waals surface area (Å²) >= 11 is 0. The van der Waals surface area contributed by atoms with Gasteiger partial charge in [0.05, 0.1) is 26.4 Å². The second kappa shape index (κ2) is 7.66. The lowest BCUT2D eigenvalue weighted by molar-refractivity contribution is 0.0606. The van der Waals surface area contributed by atoms with Gasteiger partial charge in [0.2, 0.25) is 0 Å². The Morgan fingerprint density at radius 3 is 2.38 bits per heavy atom. The molecule has 0 aromatic heterocycles. The lowest BCUT2D eigenvalue weighted by Gasteiger charge is -2.28. The fourth-order valence-corrected chi connectivity index (χ4v) is 2.88. The summed E-state index contributed by atoms with van der Waals surface area (Å²) in [4.78, 5) is 0. The molecule has 0 radical (unpaired) electrons. The zero-order valence-electron chi connectivity index (χ0n) is 13.5. The molecule has 1 aliphatic heterocycles. The molecule has 0 spiro atoms. The first-order valence-corrected chi connectivity index (χ1v) is 7.77. The molecule has 1 heterocycles. The Kier molecular flexibility index (Phi) is 5.88. The molecule has 1 fully saturated rings. The third-order valence-electron chi connectivity index (χ3n) is 4.12. The summed E-state index contributed by atoms with van der Waals surface area (Å²) in [6.07, 6.45) is 2.42. The van der Waals surface area contributed by atoms with Crippen LogP contribution in [-0.4, -0.2) is 33.5 Å². The molecule has 1 saturated heterocycles. The first kappa shape index (κ1) is 16.1. The van der Waals surface area contributed by atoms with Gasteiger partial charge in [-0.25, -0.2) is 0 Å². The topological polar surface area (TPSA) is 39.7 Å². The van der Waals surface area contributed by atoms with Crippen LogP contribution in [0.5, 0.6) is 11.5 Å². The summed E-state index contributed by atoms with van der Waals surface area (Å²) in [5.41, 5.74) is 1.17. The molecule has 3 unspecified atom stereocenters. The van der Waals surface area contributed by atoms with E-state index in [0.717, 1.165) is 37.5 Å². The lowest BCUT2D eigenvalue weighted by Crippen LogP contribution is -2.35. The number of ether oxygens (including phenoxy) is 3. The number of hydrogen-bond acceptors (Lipinski definition) is 4. The summed E-state index contributed by atoms with van der Waals surface area (Å²) in [5.74, 6) is 2.19. The Morgan fingerprint density at radius 1 is 1.24 bits per heavy atom. The van der Waals surface area contributed by atoms with Gasteiger partial charge < -0.3 is 19.5 Å². The van der Waals surface area contributed by atoms with E-state index in [4.69, 9.17) is 14.2 Å². The molecular formula is C17H27NO3. The highest BCUT2D eigenvalue weighted by molar-refractivity contribution is 5.40. The average molecular weight is 293 g/mol. The molecule has 0 aliphatic carbocycles. The maximum absolute atomic E-state index is 5.98. The minimum Gasteiger partial charge on any atom is -0.497 e. The first-order chi connectivity index (χ1) is 10.2. The van der Waals surface area contributed by atoms with Crippen molar-refractivity contribution >= 4 is 0 Å². The van der Waals surface area contributed by atoms with Gasteiger partial charge in [-0.1, -0.05) is 13.8 Å². The van der Waals surface area contributed by atoms with Crippen LogP contribution in [0.15, 0.2) is 18.2 Å². The van der Waals surface area contributed by atoms with Gasteiger partial charge in [0.25, 0.3) is 0 Å². The van der Waals surface area contributed by atoms with Crippen molar-refractivity contribution in [1.82, 2.24) is 5.32 Å². The van der Waals surface area contributed by atoms with E-state index in [1.54, 1.807) is 14.2 Å². The molecule has 1 aliphatic rings. The number of benzene rings is 1. The van der Waals surface area contributed by atoms with Crippen molar-refractivity contribution in [3.05, 3.63) is 23.8 Å². The highest BCUT2D eigenvalue weighted by Gasteiger charge is 2.33. The van der Waals surface area contributed by atoms with E-state index >= 15 is 0 Å². The second-order valence-corrected chi connectivity index (χ2v) is 5.68. The van der Waals surface area contributed by atoms with Crippen molar-refractivity contribution in [2.45, 2.75) is 38.8 Å². The molecule has 1 N–H and O–H groups in total. The summed E-state index contributed by atoms with van der Waals surface area (Å²) in [7, 11) is 3.36. The fourth-order valence-electron chi connectivity index (χ4n) is 2.88. The predicted molar refractivity (Wildman–Crippen MR) is 84.1 cm³/mol. The van der Waals surface area contributed by atoms with Crippen molar-refractivity contribution in [1.29, 1.82) is 0 Å². The van der Waals surface area contributed by atoms with Crippen LogP contribution in [0.25, 0.3) is 0 Å². The summed E-state index contributed by atoms with van der Waals surface area (Å²) < 4.78 is 16.8. The molecule has 0 bridgehead atoms. The van der Waals surface area contributed by atoms with Crippen molar-refractivity contribution < 1.29 is 14.2 Å². The fraction of sp³-hybridized carbons (Fsp3) is 0.647. The second-order valence-electron chi connectivity index (χ2n) is 5.68. The molecule has 2 rings (SSSR count). The van der Waals surface area contributed by atoms with Gasteiger partial charge in [-0.15, -0.1) is 0 Å². The maximum Gasteiger partial charge on any atom is 0.122 e. The van der Waals surface area contributed by atoms with Crippen LogP contribution < -0.4 is 14.8 Å². The minimum atomic E-state index is 0.173. The van der Waals surface area contributed by atoms with Crippen LogP contribution >= 0.6 is 0 Å². The van der Waals surface area contributed by atoms with Gasteiger partial charge in [-0.3, -0.25) is 0 Å². The molecule has 1 aromatic rings. The molecule has 4 heteroatoms. The molecule has 3 atom stereocenters. The minimum absolute atomic E-state index is 0.173. The van der Waals surface area contributed by atoms with E-state index in [0.29, 0.717) is 5.92 Å². The molecule has 0 saturated carbocycles. The Morgan fingerprint density at radius 2 is 1.90 bits per heavy atom. The number of hydrogen-bond donors (Lipinski definition) is 1. The van der Waals surface area contributed by atoms with Crippen molar-refractivity contribution in [2.24, 2.45) is 5.92 Å². The van der Waals surface area contributed by atoms with Crippen LogP contribution in [0, 0.1) is 5.92 Å². The van der Waals surface area contributed by atoms with E-state index in [1.807, 2.05) is 6.07 Å². The van der Waals surface area contributed by atoms with Gasteiger partial charge in [-0.2, -0.15) is 0 Å². The molecule has 118 valence electrons. The van der Waals surface area contributed by atoms with E-state index in [-0.39, 0.29) is 12.1 Å². The van der Waals surface area contributed by atoms with E-state index in [1.165, 1.54) is 5.56 Å². The maximum atomic E-state index is 5.98. The Bertz CT molecular complexity index is 427. The molecule has 4 nitrogen and oxygen atoms in total. The molecular weight excluding hydrogens is 266 g/mol. The Balaban J connectivity index is 2.30. The highest BCUT2D eigenvalue weighted by atomic mass is 16.5. The van der Waals surface area contributed by atoms with Crippen LogP contribution in [0.2, 0.25) is 0 Å². The largest absolute Gasteiger partial charge is 0.497 e. The van der Waals surface area contributed by atoms with Crippen LogP contribution in [0.4, 0.5) is 0 Å². The van der Waals surface area contributed by atoms with E-state index in [9.17, 15) is 0 Å². The number of nitrogens with one attached hydrogen (secondary N) is 1. The van der Waals surface area contributed by atoms with Crippen molar-refractivity contribution in [3.63, 3.8) is 0 Å². The summed E-state index contributed by atoms with van der Waals surface area (Å²) in [6.45, 7) is 6.25. The zero-order chi connectivity index (χ0) is 15.2. The van der Waals surface area contributed by atoms with E-state index < -0.39 is 0 Å². The van der Waals surface area contributed by atoms with Crippen molar-refractivity contribution in [3.8, 4) is 11.5 Å². The third-order valence-corrected chi connectivity index (χ3v) is 4.12. The smallest absolute Gasteiger partial charge is 0.122 e. The number of methoxy groups -OCH3 is 2. The predicted octanol–water partition coefficient (Wildman–Crippen LogP) is 3.17. The van der Waals surface area contributed by atoms with Crippen molar-refractivity contribution in [2.75, 3.05) is 27.4 Å². The quantitative estimate of drug-likeness (QED) is 0.838. The Labute approximate surface area is 127 Å². The standard InChI is InChI=1S/C17H27NO3/c1-5-7-18-16(17-12(2)6-8-21-17)13-9-14(19-3)11-15(10-13)20-4/h9-12,16-18H,5-8H2,1-4H3. The zero-order valence-corrected chi connectivity index (χ0v) is 13.5. The van der Waals surface area contributed by atoms with Crippen LogP contribution in [-0.2, 0) is 4.74 Å². The Hall–Kier alpha value is -1.26. The summed E-state index contributed by atoms with van der Waals surface area (Å²) in [5, 5.41) is 3.62. The highest BCUT2D eigenvalue weighted by Crippen LogP contribution is 2.34. The normalized spacial score (nSPS) is 23.0. The summed E-state index contributed by atoms with van der Waals surface area (Å²) in [6, 6.07) is 6.22. The SMILES string of the molecule is CCCNC(c1cc(OC)cc(OC)c1)C1OCCC1C. The van der Waals surface area contributed by atoms with E-state index in [2.05, 4.69) is 31.3 Å². The number of rotatable bonds is 7. The van der Waals surface area contributed by atoms with Gasteiger partial charge in [0, 0.05) is 12.7 Å². The third kappa shape index (κ3) is 3.89. The van der Waals surface area contributed by atoms with Gasteiger partial charge in [0.15, 0.2) is 0 Å². The van der Waals surface area contributed by atoms with Gasteiger partial charge >= 0.3 is 0 Å². The van der Waals surface area contributed by atoms with Gasteiger partial charge in [0.1, 0.15) is 11.5 Å². The van der Waals surface area contributed by atoms with Crippen LogP contribution in [0.3, 0.4) is 0 Å². The lowest BCUT2D eigenvalue weighted by atomic mass is 9.92. The van der Waals surface area contributed by atoms with Crippen LogP contribution in [0.1, 0.15) is 38.3 Å². The average Bonchev–Trinajstić information content (AvgIpc) is 2.93. The molecule has 1 aromatic carbocycles. The molecule has 0 amide bonds. The monoisotopic (exact) mass is 293 g/mol. The van der Waals surface area contributed by atoms with Gasteiger partial charge in [-0.05, 0) is 43.0 Å². The first-order valence-electron chi connectivity index (χ1n) is 7.77. The molecule has 21 heavy (non-hydrogen) atoms.